The maximum atomic E-state index is 12.9. The minimum Gasteiger partial charge on any atom is -0.457 e. The minimum atomic E-state index is -1.70. The number of esters is 1. The number of aliphatic hydroxyl groups excluding tert-OH is 7. The molecule has 2 heterocycles. The number of carbonyl (C=O) groups excluding carboxylic acids is 1. The molecule has 11 atom stereocenters. The fourth-order valence-electron chi connectivity index (χ4n) is 7.87. The van der Waals surface area contributed by atoms with Gasteiger partial charge in [0.15, 0.2) is 12.6 Å². The van der Waals surface area contributed by atoms with Crippen molar-refractivity contribution in [1.29, 1.82) is 0 Å². The van der Waals surface area contributed by atoms with Crippen LogP contribution in [0.4, 0.5) is 0 Å². The summed E-state index contributed by atoms with van der Waals surface area (Å²) in [5.74, 6) is -0.372. The van der Waals surface area contributed by atoms with Crippen molar-refractivity contribution in [2.75, 3.05) is 33.0 Å². The van der Waals surface area contributed by atoms with E-state index in [0.717, 1.165) is 38.5 Å². The summed E-state index contributed by atoms with van der Waals surface area (Å²) < 4.78 is 34.2. The first-order valence-corrected chi connectivity index (χ1v) is 24.1. The highest BCUT2D eigenvalue weighted by atomic mass is 16.7. The molecule has 2 aliphatic rings. The van der Waals surface area contributed by atoms with Crippen molar-refractivity contribution in [3.05, 3.63) is 0 Å². The van der Waals surface area contributed by atoms with Gasteiger partial charge < -0.3 is 64.2 Å². The molecule has 0 spiro atoms. The van der Waals surface area contributed by atoms with Crippen molar-refractivity contribution in [3.8, 4) is 0 Å². The van der Waals surface area contributed by atoms with Crippen LogP contribution in [0.2, 0.25) is 0 Å². The van der Waals surface area contributed by atoms with E-state index in [0.29, 0.717) is 13.0 Å². The molecular weight excluding hydrogens is 776 g/mol. The Kier molecular flexibility index (Phi) is 32.5. The molecule has 356 valence electrons. The van der Waals surface area contributed by atoms with Gasteiger partial charge in [-0.3, -0.25) is 4.79 Å². The third kappa shape index (κ3) is 23.6. The van der Waals surface area contributed by atoms with E-state index in [1.807, 2.05) is 0 Å². The summed E-state index contributed by atoms with van der Waals surface area (Å²) >= 11 is 0. The number of hydrogen-bond donors (Lipinski definition) is 7. The molecule has 0 saturated carbocycles. The molecule has 2 rings (SSSR count). The standard InChI is InChI=1S/C46H88O14/c1-3-5-7-9-11-13-15-17-18-19-21-23-25-27-29-38(48)58-35(32-55-30-28-26-24-22-20-16-14-12-10-8-6-4-2)33-56-45-44(54)42(52)40(50)37(60-45)34-57-46-43(53)41(51)39(49)36(31-47)59-46/h35-37,39-47,49-54H,3-34H2,1-2H3. The molecule has 0 aliphatic carbocycles. The van der Waals surface area contributed by atoms with Crippen LogP contribution < -0.4 is 0 Å². The first-order chi connectivity index (χ1) is 29.1. The minimum absolute atomic E-state index is 0.0696. The summed E-state index contributed by atoms with van der Waals surface area (Å²) in [7, 11) is 0. The van der Waals surface area contributed by atoms with Crippen molar-refractivity contribution >= 4 is 5.97 Å². The molecule has 0 amide bonds. The molecule has 2 aliphatic heterocycles. The van der Waals surface area contributed by atoms with Gasteiger partial charge in [-0.2, -0.15) is 0 Å². The normalized spacial score (nSPS) is 27.6. The second-order valence-corrected chi connectivity index (χ2v) is 17.3. The molecule has 2 fully saturated rings. The summed E-state index contributed by atoms with van der Waals surface area (Å²) in [6, 6.07) is 0. The molecule has 60 heavy (non-hydrogen) atoms. The van der Waals surface area contributed by atoms with Crippen molar-refractivity contribution in [2.45, 2.75) is 255 Å². The summed E-state index contributed by atoms with van der Waals surface area (Å²) in [6.07, 6.45) is 15.9. The van der Waals surface area contributed by atoms with E-state index in [1.54, 1.807) is 0 Å². The lowest BCUT2D eigenvalue weighted by Crippen LogP contribution is -2.61. The predicted octanol–water partition coefficient (Wildman–Crippen LogP) is 6.13. The van der Waals surface area contributed by atoms with Gasteiger partial charge in [0.2, 0.25) is 0 Å². The zero-order valence-corrected chi connectivity index (χ0v) is 37.5. The lowest BCUT2D eigenvalue weighted by molar-refractivity contribution is -0.332. The Morgan fingerprint density at radius 1 is 0.483 bits per heavy atom. The van der Waals surface area contributed by atoms with Crippen LogP contribution in [0.3, 0.4) is 0 Å². The Morgan fingerprint density at radius 2 is 0.883 bits per heavy atom. The van der Waals surface area contributed by atoms with E-state index in [9.17, 15) is 40.5 Å². The second-order valence-electron chi connectivity index (χ2n) is 17.3. The highest BCUT2D eigenvalue weighted by molar-refractivity contribution is 5.69. The van der Waals surface area contributed by atoms with Crippen LogP contribution in [0.5, 0.6) is 0 Å². The molecule has 14 nitrogen and oxygen atoms in total. The maximum absolute atomic E-state index is 12.9. The SMILES string of the molecule is CCCCCCCCCCCCCCCCC(=O)OC(COCCCCCCCCCCCCCC)COC1OC(COC2OC(CO)C(O)C(O)C2O)C(O)C(O)C1O. The van der Waals surface area contributed by atoms with Gasteiger partial charge in [0, 0.05) is 13.0 Å². The van der Waals surface area contributed by atoms with E-state index >= 15 is 0 Å². The van der Waals surface area contributed by atoms with Crippen molar-refractivity contribution < 1.29 is 69.0 Å². The second kappa shape index (κ2) is 35.4. The van der Waals surface area contributed by atoms with Gasteiger partial charge in [-0.05, 0) is 12.8 Å². The van der Waals surface area contributed by atoms with Gasteiger partial charge in [0.1, 0.15) is 54.9 Å². The number of aliphatic hydroxyl groups is 7. The van der Waals surface area contributed by atoms with Gasteiger partial charge in [0.25, 0.3) is 0 Å². The first kappa shape index (κ1) is 55.1. The number of hydrogen-bond acceptors (Lipinski definition) is 14. The zero-order valence-electron chi connectivity index (χ0n) is 37.5. The fourth-order valence-corrected chi connectivity index (χ4v) is 7.87. The number of carbonyl (C=O) groups is 1. The molecule has 2 saturated heterocycles. The predicted molar refractivity (Wildman–Crippen MR) is 229 cm³/mol. The molecule has 11 unspecified atom stereocenters. The zero-order chi connectivity index (χ0) is 43.8. The first-order valence-electron chi connectivity index (χ1n) is 24.1. The van der Waals surface area contributed by atoms with Crippen LogP contribution in [0.25, 0.3) is 0 Å². The molecule has 7 N–H and O–H groups in total. The largest absolute Gasteiger partial charge is 0.457 e. The van der Waals surface area contributed by atoms with Crippen LogP contribution in [-0.4, -0.2) is 142 Å². The average Bonchev–Trinajstić information content (AvgIpc) is 3.24. The Labute approximate surface area is 362 Å². The van der Waals surface area contributed by atoms with E-state index in [2.05, 4.69) is 13.8 Å². The van der Waals surface area contributed by atoms with Crippen molar-refractivity contribution in [3.63, 3.8) is 0 Å². The molecule has 0 aromatic carbocycles. The summed E-state index contributed by atoms with van der Waals surface area (Å²) in [6.45, 7) is 3.71. The van der Waals surface area contributed by atoms with E-state index < -0.39 is 80.7 Å². The van der Waals surface area contributed by atoms with E-state index in [4.69, 9.17) is 28.4 Å². The van der Waals surface area contributed by atoms with Crippen LogP contribution in [-0.2, 0) is 33.2 Å². The number of unbranched alkanes of at least 4 members (excludes halogenated alkanes) is 24. The Hall–Kier alpha value is -1.01. The fraction of sp³-hybridized carbons (Fsp3) is 0.978. The van der Waals surface area contributed by atoms with Gasteiger partial charge in [-0.25, -0.2) is 0 Å². The van der Waals surface area contributed by atoms with Gasteiger partial charge >= 0.3 is 5.97 Å². The molecule has 14 heteroatoms. The molecule has 0 aromatic rings. The van der Waals surface area contributed by atoms with Crippen LogP contribution in [0.15, 0.2) is 0 Å². The van der Waals surface area contributed by atoms with E-state index in [1.165, 1.54) is 122 Å². The smallest absolute Gasteiger partial charge is 0.306 e. The molecular formula is C46H88O14. The monoisotopic (exact) mass is 865 g/mol. The summed E-state index contributed by atoms with van der Waals surface area (Å²) in [5.41, 5.74) is 0. The van der Waals surface area contributed by atoms with Gasteiger partial charge in [0.05, 0.1) is 26.4 Å². The van der Waals surface area contributed by atoms with Crippen molar-refractivity contribution in [1.82, 2.24) is 0 Å². The Bertz CT molecular complexity index is 1010. The third-order valence-corrected chi connectivity index (χ3v) is 11.9. The van der Waals surface area contributed by atoms with E-state index in [-0.39, 0.29) is 25.6 Å². The topological polar surface area (TPSA) is 214 Å². The Morgan fingerprint density at radius 3 is 1.35 bits per heavy atom. The maximum Gasteiger partial charge on any atom is 0.306 e. The van der Waals surface area contributed by atoms with Crippen LogP contribution in [0.1, 0.15) is 187 Å². The average molecular weight is 865 g/mol. The quantitative estimate of drug-likeness (QED) is 0.0275. The summed E-state index contributed by atoms with van der Waals surface area (Å²) in [4.78, 5) is 12.9. The van der Waals surface area contributed by atoms with Crippen LogP contribution >= 0.6 is 0 Å². The number of ether oxygens (including phenoxy) is 6. The van der Waals surface area contributed by atoms with Gasteiger partial charge in [-0.1, -0.05) is 168 Å². The number of rotatable bonds is 38. The Balaban J connectivity index is 1.79. The van der Waals surface area contributed by atoms with Gasteiger partial charge in [-0.15, -0.1) is 0 Å². The lowest BCUT2D eigenvalue weighted by Gasteiger charge is -2.42. The molecule has 0 radical (unpaired) electrons. The summed E-state index contributed by atoms with van der Waals surface area (Å²) in [5, 5.41) is 71.9. The highest BCUT2D eigenvalue weighted by Gasteiger charge is 2.47. The highest BCUT2D eigenvalue weighted by Crippen LogP contribution is 2.26. The lowest BCUT2D eigenvalue weighted by atomic mass is 9.98. The van der Waals surface area contributed by atoms with Crippen molar-refractivity contribution in [2.24, 2.45) is 0 Å². The molecule has 0 aromatic heterocycles. The molecule has 0 bridgehead atoms. The third-order valence-electron chi connectivity index (χ3n) is 11.9. The van der Waals surface area contributed by atoms with Crippen LogP contribution in [0, 0.1) is 0 Å².